The van der Waals surface area contributed by atoms with Crippen molar-refractivity contribution >= 4 is 19.7 Å². The zero-order valence-corrected chi connectivity index (χ0v) is 12.6. The van der Waals surface area contributed by atoms with E-state index in [1.165, 1.54) is 4.90 Å². The summed E-state index contributed by atoms with van der Waals surface area (Å²) in [5, 5.41) is 0. The number of carbonyl (C=O) groups is 1. The lowest BCUT2D eigenvalue weighted by molar-refractivity contribution is -0.119. The van der Waals surface area contributed by atoms with Gasteiger partial charge in [0.15, 0.2) is 6.67 Å². The summed E-state index contributed by atoms with van der Waals surface area (Å²) in [5.41, 5.74) is 6.32. The van der Waals surface area contributed by atoms with E-state index in [4.69, 9.17) is 0 Å². The molecule has 1 aromatic rings. The molecule has 1 aromatic carbocycles. The smallest absolute Gasteiger partial charge is 0.258 e. The third-order valence-corrected chi connectivity index (χ3v) is 6.76. The number of hydrogen-bond donors (Lipinski definition) is 0. The third-order valence-electron chi connectivity index (χ3n) is 3.39. The van der Waals surface area contributed by atoms with Gasteiger partial charge in [-0.25, -0.2) is 4.39 Å². The zero-order valence-electron chi connectivity index (χ0n) is 11.6. The average Bonchev–Trinajstić information content (AvgIpc) is 2.52. The van der Waals surface area contributed by atoms with Crippen molar-refractivity contribution in [2.24, 2.45) is 0 Å². The van der Waals surface area contributed by atoms with Gasteiger partial charge in [0.1, 0.15) is 8.07 Å². The van der Waals surface area contributed by atoms with E-state index in [9.17, 15) is 9.18 Å². The minimum atomic E-state index is -2.00. The molecule has 0 aliphatic carbocycles. The highest BCUT2D eigenvalue weighted by molar-refractivity contribution is 6.93. The molecule has 0 aliphatic heterocycles. The van der Waals surface area contributed by atoms with Crippen LogP contribution in [0.15, 0.2) is 67.2 Å². The molecule has 0 aromatic heterocycles. The number of para-hydroxylation sites is 1. The lowest BCUT2D eigenvalue weighted by Crippen LogP contribution is -2.38. The van der Waals surface area contributed by atoms with Crippen LogP contribution in [0.4, 0.5) is 10.1 Å². The molecule has 0 unspecified atom stereocenters. The minimum absolute atomic E-state index is 0.434. The molecule has 0 fully saturated rings. The van der Waals surface area contributed by atoms with Crippen LogP contribution in [0, 0.1) is 0 Å². The molecular formula is C16H20FNOSi. The van der Waals surface area contributed by atoms with Crippen molar-refractivity contribution in [3.8, 4) is 0 Å². The molecule has 0 bridgehead atoms. The molecule has 1 amide bonds. The van der Waals surface area contributed by atoms with E-state index in [0.29, 0.717) is 18.3 Å². The fourth-order valence-corrected chi connectivity index (χ4v) is 3.66. The molecule has 20 heavy (non-hydrogen) atoms. The van der Waals surface area contributed by atoms with Gasteiger partial charge in [-0.15, -0.1) is 19.7 Å². The first kappa shape index (κ1) is 16.1. The van der Waals surface area contributed by atoms with Crippen LogP contribution in [0.5, 0.6) is 0 Å². The Morgan fingerprint density at radius 3 is 2.15 bits per heavy atom. The highest BCUT2D eigenvalue weighted by Gasteiger charge is 2.24. The fourth-order valence-electron chi connectivity index (χ4n) is 1.94. The maximum atomic E-state index is 12.7. The van der Waals surface area contributed by atoms with Gasteiger partial charge in [-0.1, -0.05) is 35.3 Å². The Balaban J connectivity index is 2.92. The van der Waals surface area contributed by atoms with Crippen molar-refractivity contribution in [3.05, 3.63) is 67.2 Å². The first-order chi connectivity index (χ1) is 9.62. The van der Waals surface area contributed by atoms with Gasteiger partial charge >= 0.3 is 0 Å². The lowest BCUT2D eigenvalue weighted by Gasteiger charge is -2.26. The molecule has 2 nitrogen and oxygen atoms in total. The van der Waals surface area contributed by atoms with Gasteiger partial charge in [0.05, 0.1) is 0 Å². The number of anilines is 1. The first-order valence-corrected chi connectivity index (χ1v) is 8.88. The zero-order chi connectivity index (χ0) is 15.0. The van der Waals surface area contributed by atoms with Crippen LogP contribution in [-0.2, 0) is 4.79 Å². The molecule has 1 rings (SSSR count). The number of rotatable bonds is 8. The molecule has 106 valence electrons. The third kappa shape index (κ3) is 3.77. The van der Waals surface area contributed by atoms with Crippen molar-refractivity contribution in [3.63, 3.8) is 0 Å². The number of alkyl halides is 1. The molecule has 0 saturated heterocycles. The quantitative estimate of drug-likeness (QED) is 0.669. The standard InChI is InChI=1S/C16H20FNOSi/c1-4-20(5-2,6-3)13-12-18(16(19)14-17)15-10-8-7-9-11-15/h4-11H,1-3,12-14H2. The Morgan fingerprint density at radius 2 is 1.70 bits per heavy atom. The predicted octanol–water partition coefficient (Wildman–Crippen LogP) is 3.61. The fraction of sp³-hybridized carbons (Fsp3) is 0.188. The second-order valence-corrected chi connectivity index (χ2v) is 8.44. The largest absolute Gasteiger partial charge is 0.310 e. The summed E-state index contributed by atoms with van der Waals surface area (Å²) < 4.78 is 12.7. The van der Waals surface area contributed by atoms with Crippen LogP contribution in [0.3, 0.4) is 0 Å². The van der Waals surface area contributed by atoms with Gasteiger partial charge < -0.3 is 4.90 Å². The van der Waals surface area contributed by atoms with Crippen molar-refractivity contribution in [1.29, 1.82) is 0 Å². The summed E-state index contributed by atoms with van der Waals surface area (Å²) in [6, 6.07) is 9.81. The maximum absolute atomic E-state index is 12.7. The van der Waals surface area contributed by atoms with Crippen molar-refractivity contribution in [2.45, 2.75) is 6.04 Å². The summed E-state index contributed by atoms with van der Waals surface area (Å²) in [7, 11) is -2.00. The van der Waals surface area contributed by atoms with Gasteiger partial charge in [-0.3, -0.25) is 4.79 Å². The maximum Gasteiger partial charge on any atom is 0.258 e. The summed E-state index contributed by atoms with van der Waals surface area (Å²) in [6.45, 7) is 10.9. The second kappa shape index (κ2) is 7.60. The van der Waals surface area contributed by atoms with Crippen molar-refractivity contribution in [2.75, 3.05) is 18.1 Å². The van der Waals surface area contributed by atoms with E-state index in [1.807, 2.05) is 35.3 Å². The van der Waals surface area contributed by atoms with E-state index in [1.54, 1.807) is 12.1 Å². The number of carbonyl (C=O) groups excluding carboxylic acids is 1. The predicted molar refractivity (Wildman–Crippen MR) is 85.9 cm³/mol. The topological polar surface area (TPSA) is 20.3 Å². The monoisotopic (exact) mass is 289 g/mol. The molecule has 0 atom stereocenters. The summed E-state index contributed by atoms with van der Waals surface area (Å²) in [5.74, 6) is -0.531. The second-order valence-electron chi connectivity index (χ2n) is 4.49. The van der Waals surface area contributed by atoms with E-state index >= 15 is 0 Å². The van der Waals surface area contributed by atoms with Crippen molar-refractivity contribution < 1.29 is 9.18 Å². The minimum Gasteiger partial charge on any atom is -0.310 e. The SMILES string of the molecule is C=C[Si](C=C)(C=C)CCN(C(=O)CF)c1ccccc1. The molecule has 0 spiro atoms. The first-order valence-electron chi connectivity index (χ1n) is 6.44. The summed E-state index contributed by atoms with van der Waals surface area (Å²) >= 11 is 0. The van der Waals surface area contributed by atoms with E-state index < -0.39 is 20.7 Å². The molecule has 0 N–H and O–H groups in total. The van der Waals surface area contributed by atoms with Crippen LogP contribution in [-0.4, -0.2) is 27.2 Å². The van der Waals surface area contributed by atoms with Gasteiger partial charge in [-0.05, 0) is 18.2 Å². The van der Waals surface area contributed by atoms with E-state index in [0.717, 1.165) is 0 Å². The highest BCUT2D eigenvalue weighted by atomic mass is 28.3. The van der Waals surface area contributed by atoms with Crippen LogP contribution in [0.2, 0.25) is 6.04 Å². The van der Waals surface area contributed by atoms with Gasteiger partial charge in [-0.2, -0.15) is 0 Å². The Bertz CT molecular complexity index is 465. The number of nitrogens with zero attached hydrogens (tertiary/aromatic N) is 1. The average molecular weight is 289 g/mol. The van der Waals surface area contributed by atoms with E-state index in [-0.39, 0.29) is 0 Å². The summed E-state index contributed by atoms with van der Waals surface area (Å²) in [6.07, 6.45) is 0. The van der Waals surface area contributed by atoms with Crippen LogP contribution >= 0.6 is 0 Å². The van der Waals surface area contributed by atoms with Gasteiger partial charge in [0, 0.05) is 12.2 Å². The Labute approximate surface area is 120 Å². The number of benzene rings is 1. The lowest BCUT2D eigenvalue weighted by atomic mass is 10.3. The molecular weight excluding hydrogens is 269 g/mol. The van der Waals surface area contributed by atoms with Crippen molar-refractivity contribution in [1.82, 2.24) is 0 Å². The van der Waals surface area contributed by atoms with Crippen LogP contribution in [0.25, 0.3) is 0 Å². The molecule has 4 heteroatoms. The summed E-state index contributed by atoms with van der Waals surface area (Å²) in [4.78, 5) is 13.3. The van der Waals surface area contributed by atoms with Gasteiger partial charge in [0.2, 0.25) is 0 Å². The number of hydrogen-bond acceptors (Lipinski definition) is 1. The molecule has 0 saturated carbocycles. The molecule has 0 heterocycles. The Morgan fingerprint density at radius 1 is 1.15 bits per heavy atom. The Kier molecular flexibility index (Phi) is 6.12. The molecule has 0 aliphatic rings. The van der Waals surface area contributed by atoms with E-state index in [2.05, 4.69) is 19.7 Å². The Hall–Kier alpha value is -1.94. The molecule has 0 radical (unpaired) electrons. The van der Waals surface area contributed by atoms with Crippen LogP contribution in [0.1, 0.15) is 0 Å². The highest BCUT2D eigenvalue weighted by Crippen LogP contribution is 2.19. The van der Waals surface area contributed by atoms with Gasteiger partial charge in [0.25, 0.3) is 5.91 Å². The van der Waals surface area contributed by atoms with Crippen LogP contribution < -0.4 is 4.90 Å². The number of halogens is 1. The normalized spacial score (nSPS) is 10.7. The number of amides is 1.